The Hall–Kier alpha value is -1.19. The van der Waals surface area contributed by atoms with Crippen molar-refractivity contribution in [3.05, 3.63) is 52.0 Å². The topological polar surface area (TPSA) is 24.9 Å². The Labute approximate surface area is 118 Å². The summed E-state index contributed by atoms with van der Waals surface area (Å²) < 4.78 is 0. The van der Waals surface area contributed by atoms with E-state index in [4.69, 9.17) is 0 Å². The summed E-state index contributed by atoms with van der Waals surface area (Å²) in [4.78, 5) is 4.52. The molecule has 19 heavy (non-hydrogen) atoms. The molecule has 1 unspecified atom stereocenters. The van der Waals surface area contributed by atoms with Gasteiger partial charge in [0.15, 0.2) is 0 Å². The van der Waals surface area contributed by atoms with Crippen LogP contribution in [0.2, 0.25) is 0 Å². The fourth-order valence-electron chi connectivity index (χ4n) is 2.53. The molecule has 2 nitrogen and oxygen atoms in total. The third-order valence-electron chi connectivity index (χ3n) is 3.66. The number of aryl methyl sites for hydroxylation is 1. The van der Waals surface area contributed by atoms with Gasteiger partial charge in [0.1, 0.15) is 0 Å². The van der Waals surface area contributed by atoms with Gasteiger partial charge in [0.25, 0.3) is 0 Å². The molecule has 1 saturated carbocycles. The van der Waals surface area contributed by atoms with E-state index in [1.807, 2.05) is 0 Å². The average molecular weight is 272 g/mol. The molecule has 1 aromatic heterocycles. The maximum absolute atomic E-state index is 4.52. The molecule has 100 valence electrons. The van der Waals surface area contributed by atoms with Gasteiger partial charge in [0.05, 0.1) is 10.7 Å². The fourth-order valence-corrected chi connectivity index (χ4v) is 3.17. The molecule has 1 fully saturated rings. The van der Waals surface area contributed by atoms with Gasteiger partial charge in [-0.3, -0.25) is 0 Å². The summed E-state index contributed by atoms with van der Waals surface area (Å²) in [5.74, 6) is 0.833. The molecule has 0 saturated heterocycles. The van der Waals surface area contributed by atoms with Crippen molar-refractivity contribution in [1.29, 1.82) is 0 Å². The number of nitrogens with one attached hydrogen (secondary N) is 1. The second-order valence-electron chi connectivity index (χ2n) is 5.29. The Morgan fingerprint density at radius 2 is 2.11 bits per heavy atom. The molecule has 0 spiro atoms. The van der Waals surface area contributed by atoms with E-state index in [9.17, 15) is 0 Å². The maximum Gasteiger partial charge on any atom is 0.0897 e. The maximum atomic E-state index is 4.52. The Bertz CT molecular complexity index is 517. The van der Waals surface area contributed by atoms with E-state index in [0.717, 1.165) is 23.9 Å². The van der Waals surface area contributed by atoms with Crippen LogP contribution >= 0.6 is 11.3 Å². The molecule has 0 radical (unpaired) electrons. The van der Waals surface area contributed by atoms with Gasteiger partial charge >= 0.3 is 0 Å². The van der Waals surface area contributed by atoms with Crippen LogP contribution < -0.4 is 5.32 Å². The third kappa shape index (κ3) is 3.43. The molecule has 1 N–H and O–H groups in total. The lowest BCUT2D eigenvalue weighted by molar-refractivity contribution is 0.483. The van der Waals surface area contributed by atoms with Crippen molar-refractivity contribution in [3.63, 3.8) is 0 Å². The highest BCUT2D eigenvalue weighted by atomic mass is 32.1. The number of aromatic nitrogens is 1. The summed E-state index contributed by atoms with van der Waals surface area (Å²) in [7, 11) is 0. The largest absolute Gasteiger partial charge is 0.309 e. The molecule has 1 aliphatic rings. The van der Waals surface area contributed by atoms with E-state index in [0.29, 0.717) is 6.04 Å². The van der Waals surface area contributed by atoms with E-state index in [1.165, 1.54) is 24.1 Å². The Morgan fingerprint density at radius 3 is 2.74 bits per heavy atom. The second kappa shape index (κ2) is 5.85. The first kappa shape index (κ1) is 12.8. The van der Waals surface area contributed by atoms with Crippen LogP contribution in [0.3, 0.4) is 0 Å². The number of hydrogen-bond acceptors (Lipinski definition) is 3. The van der Waals surface area contributed by atoms with Crippen molar-refractivity contribution in [1.82, 2.24) is 10.3 Å². The summed E-state index contributed by atoms with van der Waals surface area (Å²) in [6.45, 7) is 3.08. The van der Waals surface area contributed by atoms with Crippen LogP contribution in [0.5, 0.6) is 0 Å². The monoisotopic (exact) mass is 272 g/mol. The van der Waals surface area contributed by atoms with Crippen molar-refractivity contribution in [2.24, 2.45) is 5.92 Å². The molecule has 0 amide bonds. The molecular weight excluding hydrogens is 252 g/mol. The Balaban J connectivity index is 1.57. The molecular formula is C16H20N2S. The lowest BCUT2D eigenvalue weighted by Crippen LogP contribution is -2.25. The predicted molar refractivity (Wildman–Crippen MR) is 80.5 cm³/mol. The zero-order valence-corrected chi connectivity index (χ0v) is 12.1. The second-order valence-corrected chi connectivity index (χ2v) is 6.35. The van der Waals surface area contributed by atoms with Gasteiger partial charge < -0.3 is 5.32 Å². The molecule has 1 aliphatic carbocycles. The van der Waals surface area contributed by atoms with Gasteiger partial charge in [-0.25, -0.2) is 4.98 Å². The van der Waals surface area contributed by atoms with Gasteiger partial charge in [-0.2, -0.15) is 0 Å². The highest BCUT2D eigenvalue weighted by Crippen LogP contribution is 2.40. The zero-order chi connectivity index (χ0) is 13.1. The van der Waals surface area contributed by atoms with E-state index < -0.39 is 0 Å². The first-order chi connectivity index (χ1) is 9.33. The molecule has 3 heteroatoms. The molecule has 2 aromatic rings. The van der Waals surface area contributed by atoms with Crippen LogP contribution in [0.25, 0.3) is 0 Å². The number of rotatable bonds is 6. The highest BCUT2D eigenvalue weighted by molar-refractivity contribution is 7.09. The van der Waals surface area contributed by atoms with Crippen molar-refractivity contribution < 1.29 is 0 Å². The summed E-state index contributed by atoms with van der Waals surface area (Å²) >= 11 is 1.74. The zero-order valence-electron chi connectivity index (χ0n) is 11.3. The molecule has 0 bridgehead atoms. The summed E-state index contributed by atoms with van der Waals surface area (Å²) in [5, 5.41) is 7.06. The number of hydrogen-bond donors (Lipinski definition) is 1. The smallest absolute Gasteiger partial charge is 0.0897 e. The van der Waals surface area contributed by atoms with Gasteiger partial charge in [-0.05, 0) is 31.2 Å². The van der Waals surface area contributed by atoms with Gasteiger partial charge in [0.2, 0.25) is 0 Å². The van der Waals surface area contributed by atoms with Crippen LogP contribution in [-0.4, -0.2) is 11.5 Å². The quantitative estimate of drug-likeness (QED) is 0.866. The van der Waals surface area contributed by atoms with Crippen LogP contribution in [0.1, 0.15) is 35.1 Å². The normalized spacial score (nSPS) is 16.5. The summed E-state index contributed by atoms with van der Waals surface area (Å²) in [5.41, 5.74) is 2.65. The molecule has 1 heterocycles. The first-order valence-corrected chi connectivity index (χ1v) is 7.90. The van der Waals surface area contributed by atoms with E-state index >= 15 is 0 Å². The molecule has 3 rings (SSSR count). The van der Waals surface area contributed by atoms with Crippen molar-refractivity contribution in [2.45, 2.75) is 32.2 Å². The average Bonchev–Trinajstić information content (AvgIpc) is 3.19. The third-order valence-corrected chi connectivity index (χ3v) is 4.49. The van der Waals surface area contributed by atoms with E-state index in [-0.39, 0.29) is 0 Å². The SMILES string of the molecule is Cc1nc(CCNC(c2ccccc2)C2CC2)cs1. The highest BCUT2D eigenvalue weighted by Gasteiger charge is 2.31. The van der Waals surface area contributed by atoms with Crippen LogP contribution in [0, 0.1) is 12.8 Å². The minimum absolute atomic E-state index is 0.529. The van der Waals surface area contributed by atoms with Crippen molar-refractivity contribution in [2.75, 3.05) is 6.54 Å². The lowest BCUT2D eigenvalue weighted by atomic mass is 10.0. The first-order valence-electron chi connectivity index (χ1n) is 7.02. The van der Waals surface area contributed by atoms with Crippen LogP contribution in [-0.2, 0) is 6.42 Å². The number of benzene rings is 1. The Morgan fingerprint density at radius 1 is 1.32 bits per heavy atom. The summed E-state index contributed by atoms with van der Waals surface area (Å²) in [6.07, 6.45) is 3.76. The molecule has 1 atom stereocenters. The van der Waals surface area contributed by atoms with E-state index in [2.05, 4.69) is 52.9 Å². The fraction of sp³-hybridized carbons (Fsp3) is 0.438. The van der Waals surface area contributed by atoms with Gasteiger partial charge in [-0.15, -0.1) is 11.3 Å². The van der Waals surface area contributed by atoms with Crippen LogP contribution in [0.15, 0.2) is 35.7 Å². The standard InChI is InChI=1S/C16H20N2S/c1-12-18-15(11-19-12)9-10-17-16(14-7-8-14)13-5-3-2-4-6-13/h2-6,11,14,16-17H,7-10H2,1H3. The van der Waals surface area contributed by atoms with Crippen molar-refractivity contribution >= 4 is 11.3 Å². The minimum atomic E-state index is 0.529. The number of thiazole rings is 1. The lowest BCUT2D eigenvalue weighted by Gasteiger charge is -2.18. The minimum Gasteiger partial charge on any atom is -0.309 e. The van der Waals surface area contributed by atoms with E-state index in [1.54, 1.807) is 11.3 Å². The van der Waals surface area contributed by atoms with Crippen molar-refractivity contribution in [3.8, 4) is 0 Å². The Kier molecular flexibility index (Phi) is 3.95. The van der Waals surface area contributed by atoms with Gasteiger partial charge in [-0.1, -0.05) is 30.3 Å². The summed E-state index contributed by atoms with van der Waals surface area (Å²) in [6, 6.07) is 11.4. The molecule has 0 aliphatic heterocycles. The predicted octanol–water partition coefficient (Wildman–Crippen LogP) is 3.73. The number of nitrogens with zero attached hydrogens (tertiary/aromatic N) is 1. The molecule has 1 aromatic carbocycles. The van der Waals surface area contributed by atoms with Crippen LogP contribution in [0.4, 0.5) is 0 Å². The van der Waals surface area contributed by atoms with Gasteiger partial charge in [0, 0.05) is 24.4 Å².